The van der Waals surface area contributed by atoms with Crippen molar-refractivity contribution >= 4 is 23.1 Å². The summed E-state index contributed by atoms with van der Waals surface area (Å²) in [4.78, 5) is 15.3. The van der Waals surface area contributed by atoms with Crippen LogP contribution in [0.4, 0.5) is 11.6 Å². The Labute approximate surface area is 153 Å². The highest BCUT2D eigenvalue weighted by Gasteiger charge is 2.11. The van der Waals surface area contributed by atoms with E-state index >= 15 is 0 Å². The van der Waals surface area contributed by atoms with Gasteiger partial charge < -0.3 is 15.2 Å². The molecule has 0 unspecified atom stereocenters. The molecule has 1 aromatic carbocycles. The Morgan fingerprint density at radius 1 is 1.30 bits per heavy atom. The van der Waals surface area contributed by atoms with Gasteiger partial charge in [-0.25, -0.2) is 9.31 Å². The molecule has 0 amide bonds. The topological polar surface area (TPSA) is 117 Å². The Morgan fingerprint density at radius 2 is 2.11 bits per heavy atom. The smallest absolute Gasteiger partial charge is 0.336 e. The molecule has 0 spiro atoms. The highest BCUT2D eigenvalue weighted by molar-refractivity contribution is 5.87. The van der Waals surface area contributed by atoms with Gasteiger partial charge in [0.25, 0.3) is 0 Å². The van der Waals surface area contributed by atoms with Crippen LogP contribution < -0.4 is 10.1 Å². The van der Waals surface area contributed by atoms with Gasteiger partial charge in [-0.1, -0.05) is 12.1 Å². The number of aryl methyl sites for hydroxylation is 1. The maximum Gasteiger partial charge on any atom is 0.336 e. The summed E-state index contributed by atoms with van der Waals surface area (Å²) in [5.74, 6) is 0.246. The molecule has 4 aromatic rings. The summed E-state index contributed by atoms with van der Waals surface area (Å²) < 4.78 is 7.36. The summed E-state index contributed by atoms with van der Waals surface area (Å²) in [6, 6.07) is 12.3. The number of carbonyl (C=O) groups is 1. The lowest BCUT2D eigenvalue weighted by Crippen LogP contribution is -2.06. The Morgan fingerprint density at radius 3 is 2.81 bits per heavy atom. The van der Waals surface area contributed by atoms with Gasteiger partial charge in [-0.15, -0.1) is 5.10 Å². The van der Waals surface area contributed by atoms with Crippen molar-refractivity contribution in [3.8, 4) is 6.01 Å². The van der Waals surface area contributed by atoms with Gasteiger partial charge in [0.15, 0.2) is 11.6 Å². The first-order chi connectivity index (χ1) is 13.1. The highest BCUT2D eigenvalue weighted by Crippen LogP contribution is 2.21. The molecule has 0 fully saturated rings. The zero-order valence-electron chi connectivity index (χ0n) is 14.4. The SMILES string of the molecule is Cc1cc(Nc2nc(OCc3ccc(C(=O)O)cc3)nn3cccc23)n[nH]1. The van der Waals surface area contributed by atoms with Crippen molar-refractivity contribution in [3.05, 3.63) is 65.5 Å². The number of ether oxygens (including phenoxy) is 1. The summed E-state index contributed by atoms with van der Waals surface area (Å²) in [7, 11) is 0. The second-order valence-electron chi connectivity index (χ2n) is 5.93. The summed E-state index contributed by atoms with van der Waals surface area (Å²) in [5.41, 5.74) is 2.76. The first kappa shape index (κ1) is 16.6. The van der Waals surface area contributed by atoms with E-state index in [0.717, 1.165) is 16.8 Å². The van der Waals surface area contributed by atoms with E-state index in [0.29, 0.717) is 11.6 Å². The van der Waals surface area contributed by atoms with Gasteiger partial charge in [0.05, 0.1) is 5.56 Å². The van der Waals surface area contributed by atoms with E-state index < -0.39 is 5.97 Å². The van der Waals surface area contributed by atoms with E-state index in [1.54, 1.807) is 22.8 Å². The number of hydrogen-bond acceptors (Lipinski definition) is 6. The van der Waals surface area contributed by atoms with E-state index in [2.05, 4.69) is 25.6 Å². The number of aromatic amines is 1. The fourth-order valence-electron chi connectivity index (χ4n) is 2.56. The molecule has 4 rings (SSSR count). The number of H-pyrrole nitrogens is 1. The van der Waals surface area contributed by atoms with Crippen LogP contribution in [0.25, 0.3) is 5.52 Å². The van der Waals surface area contributed by atoms with E-state index in [-0.39, 0.29) is 18.2 Å². The molecule has 0 bridgehead atoms. The first-order valence-corrected chi connectivity index (χ1v) is 8.18. The molecule has 27 heavy (non-hydrogen) atoms. The van der Waals surface area contributed by atoms with Crippen molar-refractivity contribution in [2.24, 2.45) is 0 Å². The van der Waals surface area contributed by atoms with E-state index in [9.17, 15) is 4.79 Å². The van der Waals surface area contributed by atoms with Gasteiger partial charge in [-0.05, 0) is 36.8 Å². The number of anilines is 2. The van der Waals surface area contributed by atoms with Crippen LogP contribution in [0.2, 0.25) is 0 Å². The number of aromatic nitrogens is 5. The predicted octanol–water partition coefficient (Wildman–Crippen LogP) is 2.78. The molecule has 9 heteroatoms. The fourth-order valence-corrected chi connectivity index (χ4v) is 2.56. The molecule has 0 radical (unpaired) electrons. The molecule has 0 atom stereocenters. The molecule has 0 saturated heterocycles. The molecule has 0 aliphatic heterocycles. The van der Waals surface area contributed by atoms with Crippen molar-refractivity contribution in [1.29, 1.82) is 0 Å². The zero-order valence-corrected chi connectivity index (χ0v) is 14.4. The molecule has 3 heterocycles. The van der Waals surface area contributed by atoms with Crippen molar-refractivity contribution in [2.45, 2.75) is 13.5 Å². The third-order valence-electron chi connectivity index (χ3n) is 3.89. The van der Waals surface area contributed by atoms with Crippen LogP contribution in [0.15, 0.2) is 48.7 Å². The molecule has 0 saturated carbocycles. The molecule has 0 aliphatic carbocycles. The Kier molecular flexibility index (Phi) is 4.17. The van der Waals surface area contributed by atoms with Crippen LogP contribution in [0, 0.1) is 6.92 Å². The highest BCUT2D eigenvalue weighted by atomic mass is 16.5. The normalized spacial score (nSPS) is 10.9. The number of nitrogens with zero attached hydrogens (tertiary/aromatic N) is 4. The molecule has 3 aromatic heterocycles. The van der Waals surface area contributed by atoms with Crippen molar-refractivity contribution < 1.29 is 14.6 Å². The van der Waals surface area contributed by atoms with Crippen molar-refractivity contribution in [1.82, 2.24) is 24.8 Å². The van der Waals surface area contributed by atoms with Crippen LogP contribution in [0.1, 0.15) is 21.6 Å². The fraction of sp³-hybridized carbons (Fsp3) is 0.111. The van der Waals surface area contributed by atoms with E-state index in [1.165, 1.54) is 12.1 Å². The standard InChI is InChI=1S/C18H16N6O3/c1-11-9-15(22-21-11)19-16-14-3-2-8-24(14)23-18(20-16)27-10-12-4-6-13(7-5-12)17(25)26/h2-9H,10H2,1H3,(H,25,26)(H2,19,20,21,22,23). The van der Waals surface area contributed by atoms with Gasteiger partial charge in [0.2, 0.25) is 0 Å². The average molecular weight is 364 g/mol. The van der Waals surface area contributed by atoms with Crippen LogP contribution in [0.3, 0.4) is 0 Å². The van der Waals surface area contributed by atoms with Crippen LogP contribution in [-0.2, 0) is 6.61 Å². The molecule has 3 N–H and O–H groups in total. The molecule has 0 aliphatic rings. The second kappa shape index (κ2) is 6.79. The predicted molar refractivity (Wildman–Crippen MR) is 97.3 cm³/mol. The van der Waals surface area contributed by atoms with Gasteiger partial charge in [0, 0.05) is 18.0 Å². The number of benzene rings is 1. The average Bonchev–Trinajstić information content (AvgIpc) is 3.29. The number of hydrogen-bond donors (Lipinski definition) is 3. The molecule has 9 nitrogen and oxygen atoms in total. The van der Waals surface area contributed by atoms with Gasteiger partial charge >= 0.3 is 12.0 Å². The summed E-state index contributed by atoms with van der Waals surface area (Å²) >= 11 is 0. The maximum atomic E-state index is 10.9. The monoisotopic (exact) mass is 364 g/mol. The minimum absolute atomic E-state index is 0.191. The number of carboxylic acid groups (broad SMARTS) is 1. The molecular formula is C18H16N6O3. The number of carboxylic acids is 1. The quantitative estimate of drug-likeness (QED) is 0.481. The Hall–Kier alpha value is -3.88. The van der Waals surface area contributed by atoms with E-state index in [1.807, 2.05) is 25.1 Å². The number of aromatic carboxylic acids is 1. The van der Waals surface area contributed by atoms with Gasteiger partial charge in [-0.3, -0.25) is 5.10 Å². The summed E-state index contributed by atoms with van der Waals surface area (Å²) in [6.45, 7) is 2.13. The summed E-state index contributed by atoms with van der Waals surface area (Å²) in [5, 5.41) is 23.4. The number of nitrogens with one attached hydrogen (secondary N) is 2. The molecule has 136 valence electrons. The largest absolute Gasteiger partial charge is 0.478 e. The number of fused-ring (bicyclic) bond motifs is 1. The lowest BCUT2D eigenvalue weighted by Gasteiger charge is -2.09. The van der Waals surface area contributed by atoms with Crippen LogP contribution in [0.5, 0.6) is 6.01 Å². The van der Waals surface area contributed by atoms with Gasteiger partial charge in [-0.2, -0.15) is 10.1 Å². The third kappa shape index (κ3) is 3.56. The minimum atomic E-state index is -0.965. The Bertz CT molecular complexity index is 1100. The summed E-state index contributed by atoms with van der Waals surface area (Å²) in [6.07, 6.45) is 1.80. The minimum Gasteiger partial charge on any atom is -0.478 e. The van der Waals surface area contributed by atoms with Crippen LogP contribution in [-0.4, -0.2) is 35.9 Å². The number of rotatable bonds is 6. The third-order valence-corrected chi connectivity index (χ3v) is 3.89. The zero-order chi connectivity index (χ0) is 18.8. The van der Waals surface area contributed by atoms with Gasteiger partial charge in [0.1, 0.15) is 12.1 Å². The lowest BCUT2D eigenvalue weighted by molar-refractivity contribution is 0.0697. The molecular weight excluding hydrogens is 348 g/mol. The van der Waals surface area contributed by atoms with Crippen molar-refractivity contribution in [3.63, 3.8) is 0 Å². The Balaban J connectivity index is 1.55. The second-order valence-corrected chi connectivity index (χ2v) is 5.93. The van der Waals surface area contributed by atoms with Crippen LogP contribution >= 0.6 is 0 Å². The van der Waals surface area contributed by atoms with Crippen molar-refractivity contribution in [2.75, 3.05) is 5.32 Å². The van der Waals surface area contributed by atoms with E-state index in [4.69, 9.17) is 9.84 Å². The lowest BCUT2D eigenvalue weighted by atomic mass is 10.1. The first-order valence-electron chi connectivity index (χ1n) is 8.18. The maximum absolute atomic E-state index is 10.9.